The molecule has 3 atom stereocenters. The van der Waals surface area contributed by atoms with Gasteiger partial charge in [-0.1, -0.05) is 40.7 Å². The molecule has 0 fully saturated rings. The predicted molar refractivity (Wildman–Crippen MR) is 121 cm³/mol. The van der Waals surface area contributed by atoms with Crippen molar-refractivity contribution >= 4 is 23.9 Å². The van der Waals surface area contributed by atoms with Crippen LogP contribution in [-0.2, 0) is 23.9 Å². The van der Waals surface area contributed by atoms with Gasteiger partial charge in [0.2, 0.25) is 0 Å². The first kappa shape index (κ1) is 28.1. The molecule has 0 aliphatic carbocycles. The third kappa shape index (κ3) is 9.21. The standard InChI is InChI=1S/C24H35NO8/c1-6-19(26)32-17-10-9-16(12-18(17)33-20(27)7-2)22(23(25)24(29)30)15(5)13-31-21(28)11-8-14(3)4/h9-10,12,14-15,22-23H,6-8,11,13,25H2,1-5H3,(H,29,30)/t15?,22?,23-/m0/s1. The maximum Gasteiger partial charge on any atom is 0.321 e. The van der Waals surface area contributed by atoms with Crippen molar-refractivity contribution in [2.24, 2.45) is 17.6 Å². The molecule has 2 unspecified atom stereocenters. The molecule has 184 valence electrons. The smallest absolute Gasteiger partial charge is 0.321 e. The van der Waals surface area contributed by atoms with Crippen LogP contribution in [0.2, 0.25) is 0 Å². The van der Waals surface area contributed by atoms with Gasteiger partial charge in [0.1, 0.15) is 6.04 Å². The SMILES string of the molecule is CCC(=O)Oc1ccc(C(C(C)COC(=O)CCC(C)C)[C@H](N)C(=O)O)cc1OC(=O)CC. The van der Waals surface area contributed by atoms with Crippen LogP contribution in [0.25, 0.3) is 0 Å². The lowest BCUT2D eigenvalue weighted by Gasteiger charge is -2.28. The number of carboxylic acids is 1. The van der Waals surface area contributed by atoms with Crippen LogP contribution >= 0.6 is 0 Å². The average molecular weight is 466 g/mol. The Morgan fingerprint density at radius 1 is 0.939 bits per heavy atom. The van der Waals surface area contributed by atoms with Crippen molar-refractivity contribution in [3.05, 3.63) is 23.8 Å². The van der Waals surface area contributed by atoms with E-state index in [1.54, 1.807) is 26.8 Å². The van der Waals surface area contributed by atoms with Crippen LogP contribution in [0.5, 0.6) is 11.5 Å². The van der Waals surface area contributed by atoms with E-state index in [0.29, 0.717) is 17.9 Å². The quantitative estimate of drug-likeness (QED) is 0.331. The van der Waals surface area contributed by atoms with E-state index in [4.69, 9.17) is 19.9 Å². The summed E-state index contributed by atoms with van der Waals surface area (Å²) < 4.78 is 15.9. The van der Waals surface area contributed by atoms with Gasteiger partial charge >= 0.3 is 23.9 Å². The number of hydrogen-bond acceptors (Lipinski definition) is 8. The molecule has 0 saturated heterocycles. The molecule has 1 rings (SSSR count). The summed E-state index contributed by atoms with van der Waals surface area (Å²) in [6.45, 7) is 8.94. The summed E-state index contributed by atoms with van der Waals surface area (Å²) >= 11 is 0. The number of carbonyl (C=O) groups excluding carboxylic acids is 3. The van der Waals surface area contributed by atoms with E-state index in [9.17, 15) is 24.3 Å². The van der Waals surface area contributed by atoms with Crippen molar-refractivity contribution in [1.82, 2.24) is 0 Å². The van der Waals surface area contributed by atoms with Gasteiger partial charge in [-0.25, -0.2) is 0 Å². The zero-order valence-corrected chi connectivity index (χ0v) is 20.0. The topological polar surface area (TPSA) is 142 Å². The number of carbonyl (C=O) groups is 4. The highest BCUT2D eigenvalue weighted by atomic mass is 16.6. The molecular weight excluding hydrogens is 430 g/mol. The fourth-order valence-electron chi connectivity index (χ4n) is 3.14. The molecule has 33 heavy (non-hydrogen) atoms. The number of aliphatic carboxylic acids is 1. The number of carboxylic acid groups (broad SMARTS) is 1. The van der Waals surface area contributed by atoms with Crippen LogP contribution in [0, 0.1) is 11.8 Å². The molecule has 0 saturated carbocycles. The molecule has 1 aromatic carbocycles. The maximum atomic E-state index is 12.0. The molecule has 0 heterocycles. The number of benzene rings is 1. The third-order valence-electron chi connectivity index (χ3n) is 5.10. The Balaban J connectivity index is 3.22. The molecule has 0 aliphatic rings. The molecule has 0 spiro atoms. The predicted octanol–water partition coefficient (Wildman–Crippen LogP) is 3.43. The molecule has 3 N–H and O–H groups in total. The molecule has 0 aliphatic heterocycles. The van der Waals surface area contributed by atoms with Gasteiger partial charge in [-0.2, -0.15) is 0 Å². The summed E-state index contributed by atoms with van der Waals surface area (Å²) in [6, 6.07) is 3.13. The first-order chi connectivity index (χ1) is 15.5. The van der Waals surface area contributed by atoms with Gasteiger partial charge in [0.05, 0.1) is 6.61 Å². The van der Waals surface area contributed by atoms with E-state index in [-0.39, 0.29) is 43.3 Å². The molecule has 0 bridgehead atoms. The van der Waals surface area contributed by atoms with Gasteiger partial charge in [-0.15, -0.1) is 0 Å². The number of nitrogens with two attached hydrogens (primary N) is 1. The molecule has 9 heteroatoms. The fourth-order valence-corrected chi connectivity index (χ4v) is 3.14. The number of rotatable bonds is 13. The first-order valence-electron chi connectivity index (χ1n) is 11.2. The van der Waals surface area contributed by atoms with E-state index in [2.05, 4.69) is 0 Å². The summed E-state index contributed by atoms with van der Waals surface area (Å²) in [5.74, 6) is -3.50. The number of ether oxygens (including phenoxy) is 3. The summed E-state index contributed by atoms with van der Waals surface area (Å²) in [6.07, 6.45) is 1.17. The summed E-state index contributed by atoms with van der Waals surface area (Å²) in [5, 5.41) is 9.56. The summed E-state index contributed by atoms with van der Waals surface area (Å²) in [7, 11) is 0. The van der Waals surface area contributed by atoms with E-state index in [0.717, 1.165) is 0 Å². The Labute approximate surface area is 194 Å². The lowest BCUT2D eigenvalue weighted by atomic mass is 9.82. The zero-order valence-electron chi connectivity index (χ0n) is 20.0. The van der Waals surface area contributed by atoms with Gasteiger partial charge in [-0.05, 0) is 36.0 Å². The van der Waals surface area contributed by atoms with Crippen molar-refractivity contribution in [1.29, 1.82) is 0 Å². The zero-order chi connectivity index (χ0) is 25.1. The second kappa shape index (κ2) is 13.6. The summed E-state index contributed by atoms with van der Waals surface area (Å²) in [5.41, 5.74) is 6.43. The van der Waals surface area contributed by atoms with Crippen LogP contribution in [-0.4, -0.2) is 41.6 Å². The maximum absolute atomic E-state index is 12.0. The highest BCUT2D eigenvalue weighted by molar-refractivity contribution is 5.77. The minimum atomic E-state index is -1.31. The van der Waals surface area contributed by atoms with Crippen LogP contribution in [0.15, 0.2) is 18.2 Å². The van der Waals surface area contributed by atoms with Crippen LogP contribution < -0.4 is 15.2 Å². The number of hydrogen-bond donors (Lipinski definition) is 2. The molecule has 1 aromatic rings. The Morgan fingerprint density at radius 3 is 2.03 bits per heavy atom. The van der Waals surface area contributed by atoms with Gasteiger partial charge in [0, 0.05) is 25.2 Å². The second-order valence-corrected chi connectivity index (χ2v) is 8.34. The third-order valence-corrected chi connectivity index (χ3v) is 5.10. The normalized spacial score (nSPS) is 13.7. The average Bonchev–Trinajstić information content (AvgIpc) is 2.77. The van der Waals surface area contributed by atoms with E-state index in [1.807, 2.05) is 13.8 Å². The minimum Gasteiger partial charge on any atom is -0.480 e. The van der Waals surface area contributed by atoms with Crippen molar-refractivity contribution < 1.29 is 38.5 Å². The Hall–Kier alpha value is -2.94. The van der Waals surface area contributed by atoms with E-state index >= 15 is 0 Å². The van der Waals surface area contributed by atoms with Crippen molar-refractivity contribution in [2.75, 3.05) is 6.61 Å². The monoisotopic (exact) mass is 465 g/mol. The fraction of sp³-hybridized carbons (Fsp3) is 0.583. The highest BCUT2D eigenvalue weighted by Crippen LogP contribution is 2.36. The highest BCUT2D eigenvalue weighted by Gasteiger charge is 2.32. The minimum absolute atomic E-state index is 0.00938. The van der Waals surface area contributed by atoms with Gasteiger partial charge in [-0.3, -0.25) is 19.2 Å². The second-order valence-electron chi connectivity index (χ2n) is 8.34. The van der Waals surface area contributed by atoms with Gasteiger partial charge in [0.15, 0.2) is 11.5 Å². The van der Waals surface area contributed by atoms with Crippen molar-refractivity contribution in [2.45, 2.75) is 72.3 Å². The van der Waals surface area contributed by atoms with Crippen LogP contribution in [0.1, 0.15) is 71.8 Å². The molecule has 9 nitrogen and oxygen atoms in total. The molecule has 0 aromatic heterocycles. The van der Waals surface area contributed by atoms with Gasteiger partial charge in [0.25, 0.3) is 0 Å². The summed E-state index contributed by atoms with van der Waals surface area (Å²) in [4.78, 5) is 47.4. The van der Waals surface area contributed by atoms with Crippen LogP contribution in [0.4, 0.5) is 0 Å². The van der Waals surface area contributed by atoms with Gasteiger partial charge < -0.3 is 25.1 Å². The van der Waals surface area contributed by atoms with Crippen molar-refractivity contribution in [3.8, 4) is 11.5 Å². The number of esters is 3. The van der Waals surface area contributed by atoms with E-state index < -0.39 is 35.8 Å². The van der Waals surface area contributed by atoms with Crippen molar-refractivity contribution in [3.63, 3.8) is 0 Å². The Bertz CT molecular complexity index is 836. The molecular formula is C24H35NO8. The molecule has 0 radical (unpaired) electrons. The first-order valence-corrected chi connectivity index (χ1v) is 11.2. The van der Waals surface area contributed by atoms with Crippen LogP contribution in [0.3, 0.4) is 0 Å². The Morgan fingerprint density at radius 2 is 1.52 bits per heavy atom. The largest absolute Gasteiger partial charge is 0.480 e. The molecule has 0 amide bonds. The lowest BCUT2D eigenvalue weighted by Crippen LogP contribution is -2.40. The lowest BCUT2D eigenvalue weighted by molar-refractivity contribution is -0.145. The van der Waals surface area contributed by atoms with E-state index in [1.165, 1.54) is 12.1 Å². The Kier molecular flexibility index (Phi) is 11.6.